The van der Waals surface area contributed by atoms with E-state index < -0.39 is 11.7 Å². The number of hydrogen-bond donors (Lipinski definition) is 0. The molecule has 0 bridgehead atoms. The lowest BCUT2D eigenvalue weighted by atomic mass is 10.0. The first-order valence-corrected chi connectivity index (χ1v) is 8.57. The van der Waals surface area contributed by atoms with E-state index in [1.165, 1.54) is 6.07 Å². The Morgan fingerprint density at radius 3 is 2.48 bits per heavy atom. The van der Waals surface area contributed by atoms with Crippen LogP contribution in [-0.4, -0.2) is 31.1 Å². The van der Waals surface area contributed by atoms with Crippen molar-refractivity contribution in [1.29, 1.82) is 0 Å². The summed E-state index contributed by atoms with van der Waals surface area (Å²) in [6, 6.07) is 15.5. The number of likely N-dealkylation sites (tertiary alicyclic amines) is 1. The highest BCUT2D eigenvalue weighted by Crippen LogP contribution is 2.32. The van der Waals surface area contributed by atoms with Gasteiger partial charge in [0, 0.05) is 19.0 Å². The summed E-state index contributed by atoms with van der Waals surface area (Å²) in [4.78, 5) is 2.23. The molecule has 0 amide bonds. The second-order valence-corrected chi connectivity index (χ2v) is 6.48. The van der Waals surface area contributed by atoms with Gasteiger partial charge in [-0.3, -0.25) is 0 Å². The van der Waals surface area contributed by atoms with Gasteiger partial charge in [-0.1, -0.05) is 36.4 Å². The number of alkyl halides is 3. The number of rotatable bonds is 6. The van der Waals surface area contributed by atoms with Gasteiger partial charge in [0.2, 0.25) is 0 Å². The number of halogens is 3. The average molecular weight is 349 g/mol. The van der Waals surface area contributed by atoms with Gasteiger partial charge in [-0.05, 0) is 43.1 Å². The van der Waals surface area contributed by atoms with E-state index >= 15 is 0 Å². The molecule has 3 rings (SSSR count). The van der Waals surface area contributed by atoms with Crippen molar-refractivity contribution in [2.24, 2.45) is 5.92 Å². The Morgan fingerprint density at radius 2 is 1.72 bits per heavy atom. The minimum atomic E-state index is -4.28. The molecule has 1 fully saturated rings. The fourth-order valence-electron chi connectivity index (χ4n) is 3.28. The van der Waals surface area contributed by atoms with E-state index in [9.17, 15) is 13.2 Å². The molecule has 0 saturated carbocycles. The molecular weight excluding hydrogens is 327 g/mol. The second kappa shape index (κ2) is 7.91. The molecule has 1 atom stereocenters. The maximum atomic E-state index is 13.0. The fraction of sp³-hybridized carbons (Fsp3) is 0.400. The largest absolute Gasteiger partial charge is 0.493 e. The third-order valence-electron chi connectivity index (χ3n) is 4.62. The molecule has 1 unspecified atom stereocenters. The van der Waals surface area contributed by atoms with Crippen LogP contribution in [0.15, 0.2) is 54.6 Å². The highest BCUT2D eigenvalue weighted by molar-refractivity contribution is 5.30. The molecule has 0 N–H and O–H groups in total. The number of ether oxygens (including phenoxy) is 1. The van der Waals surface area contributed by atoms with E-state index in [1.54, 1.807) is 12.1 Å². The Labute approximate surface area is 146 Å². The Morgan fingerprint density at radius 1 is 1.00 bits per heavy atom. The lowest BCUT2D eigenvalue weighted by Gasteiger charge is -2.18. The number of hydrogen-bond acceptors (Lipinski definition) is 2. The second-order valence-electron chi connectivity index (χ2n) is 6.48. The summed E-state index contributed by atoms with van der Waals surface area (Å²) in [7, 11) is 0. The summed E-state index contributed by atoms with van der Waals surface area (Å²) in [6.45, 7) is 3.09. The molecular formula is C20H22F3NO. The van der Waals surface area contributed by atoms with Crippen molar-refractivity contribution in [3.63, 3.8) is 0 Å². The van der Waals surface area contributed by atoms with Crippen LogP contribution in [0.3, 0.4) is 0 Å². The first kappa shape index (κ1) is 17.8. The third-order valence-corrected chi connectivity index (χ3v) is 4.62. The Hall–Kier alpha value is -2.01. The summed E-state index contributed by atoms with van der Waals surface area (Å²) in [5.41, 5.74) is -0.142. The fourth-order valence-corrected chi connectivity index (χ4v) is 3.28. The van der Waals surface area contributed by atoms with E-state index in [2.05, 4.69) is 4.90 Å². The van der Waals surface area contributed by atoms with Crippen molar-refractivity contribution < 1.29 is 17.9 Å². The van der Waals surface area contributed by atoms with Crippen molar-refractivity contribution in [1.82, 2.24) is 4.90 Å². The average Bonchev–Trinajstić information content (AvgIpc) is 3.06. The molecule has 2 aromatic rings. The van der Waals surface area contributed by atoms with Gasteiger partial charge in [0.1, 0.15) is 5.75 Å². The topological polar surface area (TPSA) is 12.5 Å². The van der Waals surface area contributed by atoms with Gasteiger partial charge < -0.3 is 9.64 Å². The monoisotopic (exact) mass is 349 g/mol. The minimum absolute atomic E-state index is 0.374. The molecule has 1 heterocycles. The first-order chi connectivity index (χ1) is 12.0. The van der Waals surface area contributed by atoms with E-state index in [1.807, 2.05) is 30.3 Å². The summed E-state index contributed by atoms with van der Waals surface area (Å²) in [5.74, 6) is 1.29. The van der Waals surface area contributed by atoms with Gasteiger partial charge >= 0.3 is 6.18 Å². The number of para-hydroxylation sites is 1. The number of nitrogens with zero attached hydrogens (tertiary/aromatic N) is 1. The van der Waals surface area contributed by atoms with Crippen molar-refractivity contribution in [3.05, 3.63) is 65.7 Å². The zero-order chi connectivity index (χ0) is 17.7. The van der Waals surface area contributed by atoms with Gasteiger partial charge in [0.15, 0.2) is 0 Å². The molecule has 25 heavy (non-hydrogen) atoms. The van der Waals surface area contributed by atoms with Gasteiger partial charge in [0.05, 0.1) is 12.2 Å². The summed E-state index contributed by atoms with van der Waals surface area (Å²) < 4.78 is 44.9. The molecule has 0 radical (unpaired) electrons. The van der Waals surface area contributed by atoms with Crippen LogP contribution in [0, 0.1) is 5.92 Å². The molecule has 1 saturated heterocycles. The molecule has 2 nitrogen and oxygen atoms in total. The van der Waals surface area contributed by atoms with E-state index in [-0.39, 0.29) is 0 Å². The van der Waals surface area contributed by atoms with Gasteiger partial charge in [0.25, 0.3) is 0 Å². The normalized spacial score (nSPS) is 18.4. The standard InChI is InChI=1S/C20H22F3NO/c21-20(22,23)19-9-5-4-6-17(19)11-13-24-12-10-16(14-24)15-25-18-7-2-1-3-8-18/h1-9,16H,10-15H2. The molecule has 0 aromatic heterocycles. The zero-order valence-electron chi connectivity index (χ0n) is 14.0. The SMILES string of the molecule is FC(F)(F)c1ccccc1CCN1CCC(COc2ccccc2)C1. The van der Waals surface area contributed by atoms with Crippen molar-refractivity contribution in [2.45, 2.75) is 19.0 Å². The zero-order valence-corrected chi connectivity index (χ0v) is 14.0. The Balaban J connectivity index is 1.48. The molecule has 134 valence electrons. The predicted octanol–water partition coefficient (Wildman–Crippen LogP) is 4.65. The maximum absolute atomic E-state index is 13.0. The van der Waals surface area contributed by atoms with Gasteiger partial charge in [-0.2, -0.15) is 13.2 Å². The lowest BCUT2D eigenvalue weighted by Crippen LogP contribution is -2.25. The highest BCUT2D eigenvalue weighted by Gasteiger charge is 2.33. The number of benzene rings is 2. The third kappa shape index (κ3) is 4.98. The molecule has 0 spiro atoms. The van der Waals surface area contributed by atoms with Crippen LogP contribution in [-0.2, 0) is 12.6 Å². The van der Waals surface area contributed by atoms with Crippen LogP contribution in [0.25, 0.3) is 0 Å². The highest BCUT2D eigenvalue weighted by atomic mass is 19.4. The van der Waals surface area contributed by atoms with Crippen LogP contribution in [0.2, 0.25) is 0 Å². The van der Waals surface area contributed by atoms with Crippen molar-refractivity contribution >= 4 is 0 Å². The van der Waals surface area contributed by atoms with E-state index in [0.29, 0.717) is 31.1 Å². The van der Waals surface area contributed by atoms with Crippen LogP contribution < -0.4 is 4.74 Å². The lowest BCUT2D eigenvalue weighted by molar-refractivity contribution is -0.138. The Bertz CT molecular complexity index is 672. The summed E-state index contributed by atoms with van der Waals surface area (Å²) in [6.07, 6.45) is -2.84. The smallest absolute Gasteiger partial charge is 0.416 e. The molecule has 1 aliphatic rings. The molecule has 1 aliphatic heterocycles. The molecule has 5 heteroatoms. The van der Waals surface area contributed by atoms with Crippen LogP contribution >= 0.6 is 0 Å². The van der Waals surface area contributed by atoms with E-state index in [4.69, 9.17) is 4.74 Å². The van der Waals surface area contributed by atoms with Crippen LogP contribution in [0.5, 0.6) is 5.75 Å². The first-order valence-electron chi connectivity index (χ1n) is 8.57. The van der Waals surface area contributed by atoms with E-state index in [0.717, 1.165) is 31.3 Å². The predicted molar refractivity (Wildman–Crippen MR) is 91.6 cm³/mol. The summed E-state index contributed by atoms with van der Waals surface area (Å²) in [5, 5.41) is 0. The van der Waals surface area contributed by atoms with Gasteiger partial charge in [-0.15, -0.1) is 0 Å². The minimum Gasteiger partial charge on any atom is -0.493 e. The Kier molecular flexibility index (Phi) is 5.63. The quantitative estimate of drug-likeness (QED) is 0.753. The summed E-state index contributed by atoms with van der Waals surface area (Å²) >= 11 is 0. The molecule has 2 aromatic carbocycles. The van der Waals surface area contributed by atoms with Crippen LogP contribution in [0.4, 0.5) is 13.2 Å². The molecule has 0 aliphatic carbocycles. The van der Waals surface area contributed by atoms with Crippen molar-refractivity contribution in [2.75, 3.05) is 26.2 Å². The van der Waals surface area contributed by atoms with Gasteiger partial charge in [-0.25, -0.2) is 0 Å². The maximum Gasteiger partial charge on any atom is 0.416 e. The van der Waals surface area contributed by atoms with Crippen molar-refractivity contribution in [3.8, 4) is 5.75 Å². The van der Waals surface area contributed by atoms with Crippen LogP contribution in [0.1, 0.15) is 17.5 Å².